The largest absolute Gasteiger partial charge is 0.502 e. The molecule has 4 heteroatoms. The smallest absolute Gasteiger partial charge is 0.156 e. The van der Waals surface area contributed by atoms with Gasteiger partial charge in [0, 0.05) is 12.8 Å². The van der Waals surface area contributed by atoms with E-state index in [9.17, 15) is 10.2 Å². The lowest BCUT2D eigenvalue weighted by Crippen LogP contribution is -2.20. The SMILES string of the molecule is CCCCC(CCC)CCCCC(CC(O)=S)CC(C)C(CCCCC(CCC)CCCC)CC(O)=S. The molecule has 0 aliphatic rings. The summed E-state index contributed by atoms with van der Waals surface area (Å²) in [5.41, 5.74) is 0. The van der Waals surface area contributed by atoms with E-state index in [0.29, 0.717) is 30.6 Å². The highest BCUT2D eigenvalue weighted by molar-refractivity contribution is 7.80. The summed E-state index contributed by atoms with van der Waals surface area (Å²) in [7, 11) is 0. The van der Waals surface area contributed by atoms with Crippen molar-refractivity contribution in [2.75, 3.05) is 0 Å². The molecule has 220 valence electrons. The molecule has 0 aliphatic carbocycles. The molecule has 0 saturated heterocycles. The van der Waals surface area contributed by atoms with Crippen molar-refractivity contribution >= 4 is 34.5 Å². The first kappa shape index (κ1) is 36.8. The first-order chi connectivity index (χ1) is 17.8. The molecule has 0 fully saturated rings. The second-order valence-corrected chi connectivity index (χ2v) is 13.1. The molecular weight excluding hydrogens is 492 g/mol. The number of hydrogen-bond acceptors (Lipinski definition) is 2. The highest BCUT2D eigenvalue weighted by atomic mass is 32.1. The Morgan fingerprint density at radius 2 is 0.919 bits per heavy atom. The van der Waals surface area contributed by atoms with Gasteiger partial charge in [-0.1, -0.05) is 137 Å². The fourth-order valence-electron chi connectivity index (χ4n) is 6.45. The summed E-state index contributed by atoms with van der Waals surface area (Å²) in [5.74, 6) is 3.11. The number of aliphatic hydroxyl groups is 2. The van der Waals surface area contributed by atoms with Gasteiger partial charge in [-0.3, -0.25) is 0 Å². The maximum absolute atomic E-state index is 9.96. The number of unbranched alkanes of at least 4 members (excludes halogenated alkanes) is 4. The van der Waals surface area contributed by atoms with Crippen molar-refractivity contribution in [2.24, 2.45) is 29.6 Å². The van der Waals surface area contributed by atoms with Crippen LogP contribution in [0.25, 0.3) is 0 Å². The molecule has 0 amide bonds. The summed E-state index contributed by atoms with van der Waals surface area (Å²) in [6.45, 7) is 11.5. The number of thiocarbonyl (C=S) groups is 2. The third kappa shape index (κ3) is 21.3. The van der Waals surface area contributed by atoms with Gasteiger partial charge in [0.15, 0.2) is 10.1 Å². The van der Waals surface area contributed by atoms with Crippen LogP contribution in [0.4, 0.5) is 0 Å². The second-order valence-electron chi connectivity index (χ2n) is 12.2. The predicted molar refractivity (Wildman–Crippen MR) is 173 cm³/mol. The van der Waals surface area contributed by atoms with Gasteiger partial charge in [0.25, 0.3) is 0 Å². The van der Waals surface area contributed by atoms with Crippen molar-refractivity contribution in [3.63, 3.8) is 0 Å². The fourth-order valence-corrected chi connectivity index (χ4v) is 6.90. The molecule has 0 heterocycles. The van der Waals surface area contributed by atoms with E-state index in [-0.39, 0.29) is 10.1 Å². The van der Waals surface area contributed by atoms with E-state index in [1.165, 1.54) is 103 Å². The van der Waals surface area contributed by atoms with Gasteiger partial charge in [0.1, 0.15) is 0 Å². The zero-order chi connectivity index (χ0) is 27.9. The van der Waals surface area contributed by atoms with Gasteiger partial charge in [-0.25, -0.2) is 0 Å². The monoisotopic (exact) mass is 556 g/mol. The van der Waals surface area contributed by atoms with Gasteiger partial charge in [-0.2, -0.15) is 0 Å². The molecule has 5 atom stereocenters. The topological polar surface area (TPSA) is 40.5 Å². The lowest BCUT2D eigenvalue weighted by atomic mass is 9.78. The summed E-state index contributed by atoms with van der Waals surface area (Å²) < 4.78 is 0. The molecule has 0 aromatic rings. The van der Waals surface area contributed by atoms with Crippen LogP contribution in [-0.4, -0.2) is 20.3 Å². The van der Waals surface area contributed by atoms with Crippen molar-refractivity contribution in [1.82, 2.24) is 0 Å². The van der Waals surface area contributed by atoms with Crippen LogP contribution in [0.5, 0.6) is 0 Å². The highest BCUT2D eigenvalue weighted by Gasteiger charge is 2.23. The van der Waals surface area contributed by atoms with Crippen molar-refractivity contribution in [3.8, 4) is 0 Å². The third-order valence-electron chi connectivity index (χ3n) is 8.65. The maximum Gasteiger partial charge on any atom is 0.156 e. The minimum Gasteiger partial charge on any atom is -0.502 e. The third-order valence-corrected chi connectivity index (χ3v) is 8.98. The second kappa shape index (κ2) is 24.8. The van der Waals surface area contributed by atoms with Gasteiger partial charge >= 0.3 is 0 Å². The summed E-state index contributed by atoms with van der Waals surface area (Å²) in [4.78, 5) is 0. The zero-order valence-corrected chi connectivity index (χ0v) is 27.1. The van der Waals surface area contributed by atoms with E-state index in [2.05, 4.69) is 34.6 Å². The molecule has 0 aliphatic heterocycles. The van der Waals surface area contributed by atoms with Crippen molar-refractivity contribution < 1.29 is 10.2 Å². The van der Waals surface area contributed by atoms with Gasteiger partial charge in [-0.15, -0.1) is 0 Å². The lowest BCUT2D eigenvalue weighted by Gasteiger charge is -2.28. The van der Waals surface area contributed by atoms with Crippen molar-refractivity contribution in [3.05, 3.63) is 0 Å². The Labute approximate surface area is 243 Å². The molecule has 37 heavy (non-hydrogen) atoms. The molecule has 0 rings (SSSR count). The van der Waals surface area contributed by atoms with Crippen LogP contribution in [0.15, 0.2) is 0 Å². The van der Waals surface area contributed by atoms with Crippen molar-refractivity contribution in [2.45, 2.75) is 169 Å². The predicted octanol–water partition coefficient (Wildman–Crippen LogP) is 12.1. The van der Waals surface area contributed by atoms with Crippen LogP contribution in [0.2, 0.25) is 0 Å². The average molecular weight is 557 g/mol. The van der Waals surface area contributed by atoms with Crippen LogP contribution in [0.1, 0.15) is 169 Å². The molecule has 0 aromatic carbocycles. The standard InChI is InChI=1S/C33H64O2S2/c1-6-10-18-28(16-8-3)20-12-13-22-30(25-32(34)36)24-27(5)31(26-33(35)37)23-15-14-21-29(17-9-4)19-11-7-2/h27-31H,6-26H2,1-5H3,(H,34,36)(H,35,37). The van der Waals surface area contributed by atoms with Gasteiger partial charge in [-0.05, 0) is 73.3 Å². The molecule has 0 radical (unpaired) electrons. The van der Waals surface area contributed by atoms with E-state index in [0.717, 1.165) is 31.1 Å². The highest BCUT2D eigenvalue weighted by Crippen LogP contribution is 2.33. The van der Waals surface area contributed by atoms with Gasteiger partial charge < -0.3 is 10.2 Å². The van der Waals surface area contributed by atoms with E-state index < -0.39 is 0 Å². The quantitative estimate of drug-likeness (QED) is 0.0779. The van der Waals surface area contributed by atoms with Crippen LogP contribution >= 0.6 is 24.4 Å². The van der Waals surface area contributed by atoms with Crippen LogP contribution < -0.4 is 0 Å². The van der Waals surface area contributed by atoms with Crippen molar-refractivity contribution in [1.29, 1.82) is 0 Å². The number of aliphatic hydroxyl groups excluding tert-OH is 2. The van der Waals surface area contributed by atoms with Crippen LogP contribution in [-0.2, 0) is 0 Å². The molecule has 0 saturated carbocycles. The normalized spacial score (nSPS) is 15.7. The Kier molecular flexibility index (Phi) is 24.6. The lowest BCUT2D eigenvalue weighted by molar-refractivity contribution is 0.252. The summed E-state index contributed by atoms with van der Waals surface area (Å²) in [5, 5.41) is 20.2. The molecule has 5 unspecified atom stereocenters. The Bertz CT molecular complexity index is 550. The molecule has 2 nitrogen and oxygen atoms in total. The Balaban J connectivity index is 4.79. The summed E-state index contributed by atoms with van der Waals surface area (Å²) >= 11 is 10.3. The Hall–Kier alpha value is -0.220. The minimum atomic E-state index is 0.159. The van der Waals surface area contributed by atoms with E-state index in [1.807, 2.05) is 0 Å². The van der Waals surface area contributed by atoms with E-state index in [1.54, 1.807) is 0 Å². The number of rotatable bonds is 27. The number of hydrogen-bond donors (Lipinski definition) is 2. The summed E-state index contributed by atoms with van der Waals surface area (Å²) in [6, 6.07) is 0. The molecule has 0 aromatic heterocycles. The first-order valence-corrected chi connectivity index (χ1v) is 17.0. The average Bonchev–Trinajstić information content (AvgIpc) is 2.84. The fraction of sp³-hybridized carbons (Fsp3) is 0.939. The van der Waals surface area contributed by atoms with Crippen LogP contribution in [0.3, 0.4) is 0 Å². The Morgan fingerprint density at radius 1 is 0.514 bits per heavy atom. The molecular formula is C33H64O2S2. The minimum absolute atomic E-state index is 0.159. The maximum atomic E-state index is 9.96. The molecule has 2 N–H and O–H groups in total. The Morgan fingerprint density at radius 3 is 1.32 bits per heavy atom. The van der Waals surface area contributed by atoms with E-state index >= 15 is 0 Å². The van der Waals surface area contributed by atoms with Crippen LogP contribution in [0, 0.1) is 29.6 Å². The van der Waals surface area contributed by atoms with Gasteiger partial charge in [0.2, 0.25) is 0 Å². The summed E-state index contributed by atoms with van der Waals surface area (Å²) in [6.07, 6.45) is 25.7. The first-order valence-electron chi connectivity index (χ1n) is 16.2. The zero-order valence-electron chi connectivity index (χ0n) is 25.4. The van der Waals surface area contributed by atoms with E-state index in [4.69, 9.17) is 24.4 Å². The molecule has 0 bridgehead atoms. The molecule has 0 spiro atoms. The van der Waals surface area contributed by atoms with Gasteiger partial charge in [0.05, 0.1) is 0 Å².